The summed E-state index contributed by atoms with van der Waals surface area (Å²) in [6, 6.07) is 7.97. The largest absolute Gasteiger partial charge is 0.494 e. The Kier molecular flexibility index (Phi) is 4.89. The van der Waals surface area contributed by atoms with Crippen molar-refractivity contribution >= 4 is 5.82 Å². The number of nitrogens with zero attached hydrogens (tertiary/aromatic N) is 2. The first-order valence-corrected chi connectivity index (χ1v) is 7.67. The van der Waals surface area contributed by atoms with Gasteiger partial charge in [0.2, 0.25) is 0 Å². The maximum absolute atomic E-state index is 6.34. The number of benzene rings is 1. The summed E-state index contributed by atoms with van der Waals surface area (Å²) in [6.45, 7) is 9.98. The zero-order chi connectivity index (χ0) is 15.4. The lowest BCUT2D eigenvalue weighted by Gasteiger charge is -2.10. The molecule has 1 aromatic carbocycles. The normalized spacial score (nSPS) is 11.1. The molecule has 114 valence electrons. The Labute approximate surface area is 127 Å². The molecule has 4 nitrogen and oxygen atoms in total. The Morgan fingerprint density at radius 1 is 1.29 bits per heavy atom. The average molecular weight is 287 g/mol. The molecule has 1 heterocycles. The molecule has 0 aliphatic rings. The van der Waals surface area contributed by atoms with Gasteiger partial charge in [0.25, 0.3) is 0 Å². The molecule has 0 radical (unpaired) electrons. The number of nitrogen functional groups attached to an aromatic ring is 1. The fourth-order valence-electron chi connectivity index (χ4n) is 2.50. The first kappa shape index (κ1) is 15.4. The van der Waals surface area contributed by atoms with Gasteiger partial charge in [-0.1, -0.05) is 32.9 Å². The molecule has 2 N–H and O–H groups in total. The summed E-state index contributed by atoms with van der Waals surface area (Å²) in [5.41, 5.74) is 8.21. The molecule has 2 rings (SSSR count). The molecule has 21 heavy (non-hydrogen) atoms. The van der Waals surface area contributed by atoms with Gasteiger partial charge in [-0.3, -0.25) is 0 Å². The summed E-state index contributed by atoms with van der Waals surface area (Å²) in [5.74, 6) is 2.99. The Morgan fingerprint density at radius 3 is 2.67 bits per heavy atom. The van der Waals surface area contributed by atoms with Crippen molar-refractivity contribution in [2.45, 2.75) is 46.6 Å². The van der Waals surface area contributed by atoms with Crippen LogP contribution in [-0.2, 0) is 6.54 Å². The van der Waals surface area contributed by atoms with Crippen molar-refractivity contribution in [2.75, 3.05) is 12.3 Å². The predicted octanol–water partition coefficient (Wildman–Crippen LogP) is 4.06. The van der Waals surface area contributed by atoms with Crippen LogP contribution in [0.1, 0.15) is 45.9 Å². The molecule has 0 saturated carbocycles. The quantitative estimate of drug-likeness (QED) is 0.871. The second kappa shape index (κ2) is 6.66. The Balaban J connectivity index is 2.48. The number of ether oxygens (including phenoxy) is 1. The van der Waals surface area contributed by atoms with Crippen molar-refractivity contribution in [3.63, 3.8) is 0 Å². The second-order valence-electron chi connectivity index (χ2n) is 5.47. The van der Waals surface area contributed by atoms with Crippen molar-refractivity contribution in [2.24, 2.45) is 0 Å². The number of aromatic nitrogens is 2. The second-order valence-corrected chi connectivity index (χ2v) is 5.47. The van der Waals surface area contributed by atoms with Crippen LogP contribution in [0.25, 0.3) is 11.3 Å². The molecule has 0 aliphatic heterocycles. The van der Waals surface area contributed by atoms with Crippen molar-refractivity contribution in [3.8, 4) is 17.0 Å². The number of imidazole rings is 1. The van der Waals surface area contributed by atoms with Crippen LogP contribution in [0, 0.1) is 0 Å². The summed E-state index contributed by atoms with van der Waals surface area (Å²) >= 11 is 0. The van der Waals surface area contributed by atoms with Crippen molar-refractivity contribution in [1.29, 1.82) is 0 Å². The van der Waals surface area contributed by atoms with Gasteiger partial charge >= 0.3 is 0 Å². The molecule has 0 aliphatic carbocycles. The third-order valence-electron chi connectivity index (χ3n) is 3.42. The highest BCUT2D eigenvalue weighted by atomic mass is 16.5. The lowest BCUT2D eigenvalue weighted by atomic mass is 10.1. The molecule has 1 aromatic heterocycles. The Hall–Kier alpha value is -1.97. The van der Waals surface area contributed by atoms with Gasteiger partial charge in [0.1, 0.15) is 23.1 Å². The maximum Gasteiger partial charge on any atom is 0.131 e. The van der Waals surface area contributed by atoms with Gasteiger partial charge < -0.3 is 15.0 Å². The number of rotatable bonds is 6. The molecule has 0 bridgehead atoms. The van der Waals surface area contributed by atoms with Gasteiger partial charge in [-0.15, -0.1) is 0 Å². The van der Waals surface area contributed by atoms with Crippen molar-refractivity contribution in [3.05, 3.63) is 30.1 Å². The maximum atomic E-state index is 6.34. The molecule has 0 fully saturated rings. The van der Waals surface area contributed by atoms with E-state index in [0.29, 0.717) is 12.5 Å². The lowest BCUT2D eigenvalue weighted by molar-refractivity contribution is 0.340. The smallest absolute Gasteiger partial charge is 0.131 e. The van der Waals surface area contributed by atoms with E-state index in [-0.39, 0.29) is 0 Å². The zero-order valence-electron chi connectivity index (χ0n) is 13.4. The van der Waals surface area contributed by atoms with E-state index in [9.17, 15) is 0 Å². The topological polar surface area (TPSA) is 53.1 Å². The highest BCUT2D eigenvalue weighted by Crippen LogP contribution is 2.31. The van der Waals surface area contributed by atoms with E-state index in [4.69, 9.17) is 15.5 Å². The highest BCUT2D eigenvalue weighted by Gasteiger charge is 2.18. The summed E-state index contributed by atoms with van der Waals surface area (Å²) in [6.07, 6.45) is 1.04. The number of hydrogen-bond acceptors (Lipinski definition) is 3. The van der Waals surface area contributed by atoms with Crippen LogP contribution in [0.4, 0.5) is 5.82 Å². The van der Waals surface area contributed by atoms with Gasteiger partial charge in [-0.25, -0.2) is 4.98 Å². The Bertz CT molecular complexity index is 602. The van der Waals surface area contributed by atoms with Gasteiger partial charge in [0.05, 0.1) is 6.61 Å². The van der Waals surface area contributed by atoms with Crippen LogP contribution in [0.2, 0.25) is 0 Å². The molecule has 4 heteroatoms. The monoisotopic (exact) mass is 287 g/mol. The third kappa shape index (κ3) is 3.20. The molecular weight excluding hydrogens is 262 g/mol. The fraction of sp³-hybridized carbons (Fsp3) is 0.471. The fourth-order valence-corrected chi connectivity index (χ4v) is 2.50. The molecular formula is C17H25N3O. The van der Waals surface area contributed by atoms with Crippen molar-refractivity contribution in [1.82, 2.24) is 9.55 Å². The molecule has 0 saturated heterocycles. The van der Waals surface area contributed by atoms with E-state index in [2.05, 4.69) is 25.3 Å². The van der Waals surface area contributed by atoms with Crippen LogP contribution in [0.15, 0.2) is 24.3 Å². The van der Waals surface area contributed by atoms with Gasteiger partial charge in [0.15, 0.2) is 0 Å². The number of hydrogen-bond donors (Lipinski definition) is 1. The first-order chi connectivity index (χ1) is 10.1. The molecule has 2 aromatic rings. The molecule has 0 spiro atoms. The minimum atomic E-state index is 0.350. The van der Waals surface area contributed by atoms with Crippen molar-refractivity contribution < 1.29 is 4.74 Å². The van der Waals surface area contributed by atoms with E-state index >= 15 is 0 Å². The Morgan fingerprint density at radius 2 is 2.05 bits per heavy atom. The van der Waals surface area contributed by atoms with E-state index in [1.54, 1.807) is 0 Å². The summed E-state index contributed by atoms with van der Waals surface area (Å²) in [7, 11) is 0. The third-order valence-corrected chi connectivity index (χ3v) is 3.42. The zero-order valence-corrected chi connectivity index (χ0v) is 13.4. The predicted molar refractivity (Wildman–Crippen MR) is 87.6 cm³/mol. The number of anilines is 1. The van der Waals surface area contributed by atoms with E-state index in [1.807, 2.05) is 31.2 Å². The van der Waals surface area contributed by atoms with Gasteiger partial charge in [-0.2, -0.15) is 0 Å². The van der Waals surface area contributed by atoms with E-state index < -0.39 is 0 Å². The molecule has 0 unspecified atom stereocenters. The minimum Gasteiger partial charge on any atom is -0.494 e. The van der Waals surface area contributed by atoms with E-state index in [1.165, 1.54) is 0 Å². The summed E-state index contributed by atoms with van der Waals surface area (Å²) < 4.78 is 7.70. The SMILES string of the molecule is CCCn1c(C(C)C)nc(-c2cccc(OCC)c2)c1N. The molecule has 0 atom stereocenters. The van der Waals surface area contributed by atoms with Crippen LogP contribution in [-0.4, -0.2) is 16.2 Å². The standard InChI is InChI=1S/C17H25N3O/c1-5-10-20-16(18)15(19-17(20)12(3)4)13-8-7-9-14(11-13)21-6-2/h7-9,11-12H,5-6,10,18H2,1-4H3. The van der Waals surface area contributed by atoms with Crippen LogP contribution < -0.4 is 10.5 Å². The summed E-state index contributed by atoms with van der Waals surface area (Å²) in [4.78, 5) is 4.78. The number of nitrogens with two attached hydrogens (primary N) is 1. The average Bonchev–Trinajstić information content (AvgIpc) is 2.78. The first-order valence-electron chi connectivity index (χ1n) is 7.67. The summed E-state index contributed by atoms with van der Waals surface area (Å²) in [5, 5.41) is 0. The highest BCUT2D eigenvalue weighted by molar-refractivity contribution is 5.72. The minimum absolute atomic E-state index is 0.350. The van der Waals surface area contributed by atoms with Crippen LogP contribution in [0.3, 0.4) is 0 Å². The van der Waals surface area contributed by atoms with E-state index in [0.717, 1.165) is 41.6 Å². The van der Waals surface area contributed by atoms with Gasteiger partial charge in [0, 0.05) is 18.0 Å². The van der Waals surface area contributed by atoms with Crippen LogP contribution in [0.5, 0.6) is 5.75 Å². The lowest BCUT2D eigenvalue weighted by Crippen LogP contribution is -2.08. The van der Waals surface area contributed by atoms with Crippen LogP contribution >= 0.6 is 0 Å². The molecule has 0 amide bonds. The van der Waals surface area contributed by atoms with Gasteiger partial charge in [-0.05, 0) is 25.5 Å².